The Labute approximate surface area is 101 Å². The van der Waals surface area contributed by atoms with Gasteiger partial charge in [0.15, 0.2) is 0 Å². The van der Waals surface area contributed by atoms with Crippen LogP contribution >= 0.6 is 0 Å². The molecule has 0 N–H and O–H groups in total. The average molecular weight is 231 g/mol. The van der Waals surface area contributed by atoms with E-state index < -0.39 is 0 Å². The van der Waals surface area contributed by atoms with Crippen LogP contribution in [0.5, 0.6) is 5.75 Å². The number of hydrogen-bond donors (Lipinski definition) is 0. The van der Waals surface area contributed by atoms with Gasteiger partial charge < -0.3 is 9.64 Å². The van der Waals surface area contributed by atoms with Crippen LogP contribution in [-0.4, -0.2) is 30.5 Å². The summed E-state index contributed by atoms with van der Waals surface area (Å²) in [5.74, 6) is 1.12. The summed E-state index contributed by atoms with van der Waals surface area (Å²) in [7, 11) is 0. The Kier molecular flexibility index (Phi) is 2.75. The molecule has 1 saturated heterocycles. The molecule has 1 amide bonds. The summed E-state index contributed by atoms with van der Waals surface area (Å²) in [5, 5.41) is 0. The van der Waals surface area contributed by atoms with Gasteiger partial charge >= 0.3 is 0 Å². The topological polar surface area (TPSA) is 29.5 Å². The van der Waals surface area contributed by atoms with Gasteiger partial charge in [0.25, 0.3) is 5.91 Å². The molecule has 1 fully saturated rings. The van der Waals surface area contributed by atoms with E-state index in [0.717, 1.165) is 50.3 Å². The Bertz CT molecular complexity index is 436. The maximum Gasteiger partial charge on any atom is 0.253 e. The van der Waals surface area contributed by atoms with Gasteiger partial charge in [-0.25, -0.2) is 0 Å². The van der Waals surface area contributed by atoms with Crippen LogP contribution < -0.4 is 4.74 Å². The highest BCUT2D eigenvalue weighted by molar-refractivity contribution is 5.94. The Morgan fingerprint density at radius 3 is 2.82 bits per heavy atom. The van der Waals surface area contributed by atoms with E-state index in [9.17, 15) is 4.79 Å². The minimum Gasteiger partial charge on any atom is -0.493 e. The smallest absolute Gasteiger partial charge is 0.253 e. The van der Waals surface area contributed by atoms with Crippen molar-refractivity contribution in [3.8, 4) is 5.75 Å². The minimum absolute atomic E-state index is 0.180. The van der Waals surface area contributed by atoms with Crippen molar-refractivity contribution < 1.29 is 9.53 Å². The summed E-state index contributed by atoms with van der Waals surface area (Å²) in [6, 6.07) is 5.82. The fraction of sp³-hybridized carbons (Fsp3) is 0.500. The number of nitrogens with zero attached hydrogens (tertiary/aromatic N) is 1. The highest BCUT2D eigenvalue weighted by atomic mass is 16.5. The van der Waals surface area contributed by atoms with Crippen molar-refractivity contribution in [3.05, 3.63) is 29.3 Å². The zero-order chi connectivity index (χ0) is 11.7. The van der Waals surface area contributed by atoms with Gasteiger partial charge in [-0.15, -0.1) is 0 Å². The quantitative estimate of drug-likeness (QED) is 0.742. The lowest BCUT2D eigenvalue weighted by Gasteiger charge is -2.26. The third-order valence-electron chi connectivity index (χ3n) is 3.58. The normalized spacial score (nSPS) is 18.7. The van der Waals surface area contributed by atoms with E-state index in [1.54, 1.807) is 0 Å². The standard InChI is InChI=1S/C14H17NO2/c16-14(15-7-2-1-3-8-15)12-4-5-13-11(10-12)6-9-17-13/h4-5,10H,1-3,6-9H2. The molecule has 0 bridgehead atoms. The second-order valence-corrected chi connectivity index (χ2v) is 4.77. The molecule has 0 radical (unpaired) electrons. The van der Waals surface area contributed by atoms with Crippen LogP contribution in [0.4, 0.5) is 0 Å². The molecular formula is C14H17NO2. The highest BCUT2D eigenvalue weighted by Gasteiger charge is 2.20. The predicted octanol–water partition coefficient (Wildman–Crippen LogP) is 2.25. The lowest BCUT2D eigenvalue weighted by molar-refractivity contribution is 0.0724. The predicted molar refractivity (Wildman–Crippen MR) is 65.4 cm³/mol. The molecule has 0 unspecified atom stereocenters. The number of benzene rings is 1. The SMILES string of the molecule is O=C(c1ccc2c(c1)CCO2)N1CCCCC1. The number of carbonyl (C=O) groups excluding carboxylic acids is 1. The van der Waals surface area contributed by atoms with Crippen molar-refractivity contribution in [2.45, 2.75) is 25.7 Å². The number of piperidine rings is 1. The number of ether oxygens (including phenoxy) is 1. The molecule has 0 atom stereocenters. The number of carbonyl (C=O) groups is 1. The van der Waals surface area contributed by atoms with Crippen molar-refractivity contribution in [1.29, 1.82) is 0 Å². The van der Waals surface area contributed by atoms with E-state index in [1.807, 2.05) is 23.1 Å². The average Bonchev–Trinajstić information content (AvgIpc) is 2.86. The molecule has 0 spiro atoms. The molecule has 0 aromatic heterocycles. The van der Waals surface area contributed by atoms with E-state index in [1.165, 1.54) is 12.0 Å². The Morgan fingerprint density at radius 2 is 2.00 bits per heavy atom. The second-order valence-electron chi connectivity index (χ2n) is 4.77. The molecule has 2 aliphatic rings. The van der Waals surface area contributed by atoms with Crippen LogP contribution in [0.2, 0.25) is 0 Å². The minimum atomic E-state index is 0.180. The zero-order valence-corrected chi connectivity index (χ0v) is 9.95. The first-order chi connectivity index (χ1) is 8.34. The summed E-state index contributed by atoms with van der Waals surface area (Å²) in [6.45, 7) is 2.57. The molecule has 0 saturated carbocycles. The lowest BCUT2D eigenvalue weighted by Crippen LogP contribution is -2.35. The molecule has 1 aromatic rings. The molecule has 90 valence electrons. The first kappa shape index (κ1) is 10.6. The monoisotopic (exact) mass is 231 g/mol. The summed E-state index contributed by atoms with van der Waals surface area (Å²) >= 11 is 0. The van der Waals surface area contributed by atoms with Crippen LogP contribution in [0.25, 0.3) is 0 Å². The van der Waals surface area contributed by atoms with Gasteiger partial charge in [-0.2, -0.15) is 0 Å². The summed E-state index contributed by atoms with van der Waals surface area (Å²) in [6.07, 6.45) is 4.46. The van der Waals surface area contributed by atoms with Gasteiger partial charge in [0.2, 0.25) is 0 Å². The van der Waals surface area contributed by atoms with E-state index in [-0.39, 0.29) is 5.91 Å². The molecule has 2 heterocycles. The molecule has 2 aliphatic heterocycles. The molecule has 3 rings (SSSR count). The first-order valence-electron chi connectivity index (χ1n) is 6.39. The number of fused-ring (bicyclic) bond motifs is 1. The Hall–Kier alpha value is -1.51. The molecule has 1 aromatic carbocycles. The first-order valence-corrected chi connectivity index (χ1v) is 6.39. The molecule has 17 heavy (non-hydrogen) atoms. The van der Waals surface area contributed by atoms with Crippen molar-refractivity contribution >= 4 is 5.91 Å². The molecule has 3 heteroatoms. The maximum atomic E-state index is 12.3. The summed E-state index contributed by atoms with van der Waals surface area (Å²) in [4.78, 5) is 14.3. The van der Waals surface area contributed by atoms with Crippen LogP contribution in [0.1, 0.15) is 35.2 Å². The van der Waals surface area contributed by atoms with Crippen molar-refractivity contribution in [2.24, 2.45) is 0 Å². The largest absolute Gasteiger partial charge is 0.493 e. The number of rotatable bonds is 1. The Balaban J connectivity index is 1.81. The van der Waals surface area contributed by atoms with Gasteiger partial charge in [0.1, 0.15) is 5.75 Å². The van der Waals surface area contributed by atoms with Crippen LogP contribution in [0, 0.1) is 0 Å². The van der Waals surface area contributed by atoms with Gasteiger partial charge in [-0.1, -0.05) is 0 Å². The molecule has 0 aliphatic carbocycles. The number of amides is 1. The van der Waals surface area contributed by atoms with Crippen LogP contribution in [0.15, 0.2) is 18.2 Å². The van der Waals surface area contributed by atoms with Gasteiger partial charge in [-0.05, 0) is 43.0 Å². The molecule has 3 nitrogen and oxygen atoms in total. The van der Waals surface area contributed by atoms with Crippen LogP contribution in [-0.2, 0) is 6.42 Å². The molecular weight excluding hydrogens is 214 g/mol. The zero-order valence-electron chi connectivity index (χ0n) is 9.95. The van der Waals surface area contributed by atoms with Gasteiger partial charge in [-0.3, -0.25) is 4.79 Å². The van der Waals surface area contributed by atoms with E-state index in [4.69, 9.17) is 4.74 Å². The van der Waals surface area contributed by atoms with Crippen molar-refractivity contribution in [2.75, 3.05) is 19.7 Å². The summed E-state index contributed by atoms with van der Waals surface area (Å²) < 4.78 is 5.45. The lowest BCUT2D eigenvalue weighted by atomic mass is 10.1. The third kappa shape index (κ3) is 2.02. The van der Waals surface area contributed by atoms with E-state index in [2.05, 4.69) is 0 Å². The third-order valence-corrected chi connectivity index (χ3v) is 3.58. The van der Waals surface area contributed by atoms with Crippen molar-refractivity contribution in [3.63, 3.8) is 0 Å². The fourth-order valence-electron chi connectivity index (χ4n) is 2.60. The Morgan fingerprint density at radius 1 is 1.18 bits per heavy atom. The summed E-state index contributed by atoms with van der Waals surface area (Å²) in [5.41, 5.74) is 1.99. The van der Waals surface area contributed by atoms with Crippen LogP contribution in [0.3, 0.4) is 0 Å². The van der Waals surface area contributed by atoms with Gasteiger partial charge in [0, 0.05) is 25.1 Å². The van der Waals surface area contributed by atoms with E-state index in [0.29, 0.717) is 0 Å². The fourth-order valence-corrected chi connectivity index (χ4v) is 2.60. The number of hydrogen-bond acceptors (Lipinski definition) is 2. The van der Waals surface area contributed by atoms with Crippen molar-refractivity contribution in [1.82, 2.24) is 4.90 Å². The van der Waals surface area contributed by atoms with E-state index >= 15 is 0 Å². The maximum absolute atomic E-state index is 12.3. The second kappa shape index (κ2) is 4.40. The number of likely N-dealkylation sites (tertiary alicyclic amines) is 1. The highest BCUT2D eigenvalue weighted by Crippen LogP contribution is 2.26. The van der Waals surface area contributed by atoms with Gasteiger partial charge in [0.05, 0.1) is 6.61 Å².